The van der Waals surface area contributed by atoms with Crippen LogP contribution in [0.3, 0.4) is 0 Å². The molecule has 5 nitrogen and oxygen atoms in total. The van der Waals surface area contributed by atoms with Crippen LogP contribution in [0.4, 0.5) is 0 Å². The first kappa shape index (κ1) is 21.0. The Morgan fingerprint density at radius 3 is 2.88 bits per heavy atom. The van der Waals surface area contributed by atoms with Crippen LogP contribution < -0.4 is 0 Å². The molecule has 5 heteroatoms. The van der Waals surface area contributed by atoms with Crippen molar-refractivity contribution in [3.05, 3.63) is 71.1 Å². The van der Waals surface area contributed by atoms with Gasteiger partial charge in [-0.05, 0) is 73.1 Å². The van der Waals surface area contributed by atoms with Crippen LogP contribution >= 0.6 is 0 Å². The van der Waals surface area contributed by atoms with Crippen molar-refractivity contribution >= 4 is 22.6 Å². The van der Waals surface area contributed by atoms with Gasteiger partial charge in [0.1, 0.15) is 0 Å². The molecule has 3 unspecified atom stereocenters. The van der Waals surface area contributed by atoms with E-state index in [1.54, 1.807) is 0 Å². The van der Waals surface area contributed by atoms with Gasteiger partial charge in [0.25, 0.3) is 0 Å². The number of methoxy groups -OCH3 is 1. The maximum Gasteiger partial charge on any atom is 0.308 e. The lowest BCUT2D eigenvalue weighted by Crippen LogP contribution is -2.34. The lowest BCUT2D eigenvalue weighted by Gasteiger charge is -2.35. The summed E-state index contributed by atoms with van der Waals surface area (Å²) in [6.07, 6.45) is 6.83. The zero-order valence-electron chi connectivity index (χ0n) is 19.0. The zero-order valence-corrected chi connectivity index (χ0v) is 19.0. The van der Waals surface area contributed by atoms with Gasteiger partial charge in [-0.2, -0.15) is 0 Å². The third-order valence-corrected chi connectivity index (χ3v) is 7.25. The van der Waals surface area contributed by atoms with Crippen LogP contribution in [-0.4, -0.2) is 28.7 Å². The Labute approximate surface area is 189 Å². The fraction of sp³-hybridized carbons (Fsp3) is 0.407. The van der Waals surface area contributed by atoms with Gasteiger partial charge in [0.15, 0.2) is 0 Å². The fourth-order valence-electron chi connectivity index (χ4n) is 5.29. The van der Waals surface area contributed by atoms with Crippen molar-refractivity contribution in [2.45, 2.75) is 52.4 Å². The van der Waals surface area contributed by atoms with Gasteiger partial charge >= 0.3 is 5.97 Å². The van der Waals surface area contributed by atoms with E-state index in [0.29, 0.717) is 6.61 Å². The predicted molar refractivity (Wildman–Crippen MR) is 125 cm³/mol. The van der Waals surface area contributed by atoms with Crippen molar-refractivity contribution in [1.29, 1.82) is 0 Å². The molecule has 1 saturated carbocycles. The van der Waals surface area contributed by atoms with Crippen LogP contribution in [0.2, 0.25) is 0 Å². The van der Waals surface area contributed by atoms with Crippen LogP contribution in [0.1, 0.15) is 41.5 Å². The van der Waals surface area contributed by atoms with Crippen LogP contribution in [0.15, 0.2) is 48.8 Å². The molecular formula is C27H30N2O3. The topological polar surface area (TPSA) is 53.4 Å². The summed E-state index contributed by atoms with van der Waals surface area (Å²) in [5.74, 6) is 0.000240. The predicted octanol–water partition coefficient (Wildman–Crippen LogP) is 5.22. The molecule has 1 aromatic heterocycles. The number of allylic oxidation sites excluding steroid dienone is 1. The van der Waals surface area contributed by atoms with E-state index >= 15 is 0 Å². The second kappa shape index (κ2) is 8.55. The van der Waals surface area contributed by atoms with Crippen molar-refractivity contribution < 1.29 is 14.3 Å². The van der Waals surface area contributed by atoms with E-state index in [1.807, 2.05) is 6.33 Å². The molecule has 1 aliphatic heterocycles. The molecule has 0 N–H and O–H groups in total. The highest BCUT2D eigenvalue weighted by molar-refractivity contribution is 5.78. The number of nitrogens with zero attached hydrogens (tertiary/aromatic N) is 2. The van der Waals surface area contributed by atoms with E-state index in [2.05, 4.69) is 65.9 Å². The number of aryl methyl sites for hydroxylation is 2. The molecule has 32 heavy (non-hydrogen) atoms. The van der Waals surface area contributed by atoms with Gasteiger partial charge in [-0.15, -0.1) is 0 Å². The molecule has 0 spiro atoms. The van der Waals surface area contributed by atoms with Crippen LogP contribution in [-0.2, 0) is 27.4 Å². The second-order valence-electron chi connectivity index (χ2n) is 9.13. The van der Waals surface area contributed by atoms with Gasteiger partial charge in [0, 0.05) is 12.5 Å². The quantitative estimate of drug-likeness (QED) is 0.534. The SMILES string of the molecule is COC(=O)C1CCC2OCc3ccccc3/C(=C\Cn3cnc4cc(C)c(C)cc43)C2C1. The highest BCUT2D eigenvalue weighted by Gasteiger charge is 2.39. The Bertz CT molecular complexity index is 1190. The molecule has 3 atom stereocenters. The van der Waals surface area contributed by atoms with Crippen molar-refractivity contribution in [2.24, 2.45) is 11.8 Å². The van der Waals surface area contributed by atoms with E-state index in [-0.39, 0.29) is 23.9 Å². The summed E-state index contributed by atoms with van der Waals surface area (Å²) in [6, 6.07) is 12.9. The van der Waals surface area contributed by atoms with E-state index in [0.717, 1.165) is 36.8 Å². The Morgan fingerprint density at radius 2 is 2.03 bits per heavy atom. The number of imidazole rings is 1. The molecule has 0 amide bonds. The van der Waals surface area contributed by atoms with Gasteiger partial charge in [0.2, 0.25) is 0 Å². The maximum atomic E-state index is 12.3. The van der Waals surface area contributed by atoms with Gasteiger partial charge < -0.3 is 14.0 Å². The number of aromatic nitrogens is 2. The number of hydrogen-bond acceptors (Lipinski definition) is 4. The first-order chi connectivity index (χ1) is 15.5. The van der Waals surface area contributed by atoms with E-state index in [9.17, 15) is 4.79 Å². The Kier molecular flexibility index (Phi) is 5.60. The average molecular weight is 431 g/mol. The van der Waals surface area contributed by atoms with E-state index < -0.39 is 0 Å². The number of hydrogen-bond donors (Lipinski definition) is 0. The van der Waals surface area contributed by atoms with E-state index in [4.69, 9.17) is 9.47 Å². The summed E-state index contributed by atoms with van der Waals surface area (Å²) in [5, 5.41) is 0. The van der Waals surface area contributed by atoms with E-state index in [1.165, 1.54) is 34.9 Å². The Hall–Kier alpha value is -2.92. The third kappa shape index (κ3) is 3.75. The highest BCUT2D eigenvalue weighted by Crippen LogP contribution is 2.43. The number of rotatable bonds is 3. The number of esters is 1. The third-order valence-electron chi connectivity index (χ3n) is 7.25. The summed E-state index contributed by atoms with van der Waals surface area (Å²) < 4.78 is 13.6. The molecule has 2 heterocycles. The average Bonchev–Trinajstić information content (AvgIpc) is 3.11. The van der Waals surface area contributed by atoms with Crippen molar-refractivity contribution in [3.8, 4) is 0 Å². The second-order valence-corrected chi connectivity index (χ2v) is 9.13. The maximum absolute atomic E-state index is 12.3. The first-order valence-electron chi connectivity index (χ1n) is 11.4. The van der Waals surface area contributed by atoms with Gasteiger partial charge in [-0.3, -0.25) is 4.79 Å². The van der Waals surface area contributed by atoms with Gasteiger partial charge in [-0.25, -0.2) is 4.98 Å². The molecule has 0 radical (unpaired) electrons. The number of benzene rings is 2. The molecule has 166 valence electrons. The minimum atomic E-state index is -0.105. The zero-order chi connectivity index (χ0) is 22.2. The summed E-state index contributed by atoms with van der Waals surface area (Å²) in [7, 11) is 1.48. The first-order valence-corrected chi connectivity index (χ1v) is 11.4. The summed E-state index contributed by atoms with van der Waals surface area (Å²) in [6.45, 7) is 5.61. The minimum absolute atomic E-state index is 0.0711. The molecule has 0 saturated heterocycles. The van der Waals surface area contributed by atoms with Crippen molar-refractivity contribution in [3.63, 3.8) is 0 Å². The lowest BCUT2D eigenvalue weighted by molar-refractivity contribution is -0.148. The van der Waals surface area contributed by atoms with Gasteiger partial charge in [-0.1, -0.05) is 30.3 Å². The molecule has 1 aliphatic carbocycles. The Morgan fingerprint density at radius 1 is 1.22 bits per heavy atom. The standard InChI is InChI=1S/C27H30N2O3/c1-17-12-24-25(13-18(17)2)29(16-28-24)11-10-22-21-7-5-4-6-20(21)15-32-26-9-8-19(14-23(22)26)27(30)31-3/h4-7,10,12-13,16,19,23,26H,8-9,11,14-15H2,1-3H3/b22-10+. The van der Waals surface area contributed by atoms with Crippen molar-refractivity contribution in [1.82, 2.24) is 9.55 Å². The molecule has 2 aliphatic rings. The Balaban J connectivity index is 1.54. The fourth-order valence-corrected chi connectivity index (χ4v) is 5.29. The molecule has 2 aromatic carbocycles. The number of carbonyl (C=O) groups is 1. The molecule has 3 aromatic rings. The summed E-state index contributed by atoms with van der Waals surface area (Å²) >= 11 is 0. The molecule has 5 rings (SSSR count). The van der Waals surface area contributed by atoms with Crippen molar-refractivity contribution in [2.75, 3.05) is 7.11 Å². The smallest absolute Gasteiger partial charge is 0.308 e. The minimum Gasteiger partial charge on any atom is -0.469 e. The monoisotopic (exact) mass is 430 g/mol. The number of carbonyl (C=O) groups excluding carboxylic acids is 1. The molecular weight excluding hydrogens is 400 g/mol. The van der Waals surface area contributed by atoms with Crippen LogP contribution in [0.25, 0.3) is 16.6 Å². The number of ether oxygens (including phenoxy) is 2. The molecule has 0 bridgehead atoms. The highest BCUT2D eigenvalue weighted by atomic mass is 16.5. The summed E-state index contributed by atoms with van der Waals surface area (Å²) in [4.78, 5) is 17.0. The normalized spacial score (nSPS) is 24.1. The summed E-state index contributed by atoms with van der Waals surface area (Å²) in [5.41, 5.74) is 8.44. The number of fused-ring (bicyclic) bond motifs is 3. The lowest BCUT2D eigenvalue weighted by atomic mass is 9.74. The molecule has 1 fully saturated rings. The van der Waals surface area contributed by atoms with Crippen LogP contribution in [0.5, 0.6) is 0 Å². The largest absolute Gasteiger partial charge is 0.469 e. The van der Waals surface area contributed by atoms with Gasteiger partial charge in [0.05, 0.1) is 43.1 Å². The van der Waals surface area contributed by atoms with Crippen LogP contribution in [0, 0.1) is 25.7 Å².